The maximum absolute atomic E-state index is 12.5. The average molecular weight is 374 g/mol. The first-order valence-electron chi connectivity index (χ1n) is 6.60. The van der Waals surface area contributed by atoms with Crippen molar-refractivity contribution >= 4 is 21.6 Å². The van der Waals surface area contributed by atoms with E-state index in [2.05, 4.69) is 16.6 Å². The van der Waals surface area contributed by atoms with Crippen molar-refractivity contribution in [2.75, 3.05) is 6.54 Å². The smallest absolute Gasteiger partial charge is 0.207 e. The van der Waals surface area contributed by atoms with Crippen molar-refractivity contribution in [2.24, 2.45) is 0 Å². The van der Waals surface area contributed by atoms with Crippen LogP contribution in [0.25, 0.3) is 0 Å². The molecule has 0 aliphatic carbocycles. The van der Waals surface area contributed by atoms with Crippen LogP contribution < -0.4 is 4.72 Å². The van der Waals surface area contributed by atoms with Crippen LogP contribution in [0, 0.1) is 11.8 Å². The number of sulfonamides is 1. The van der Waals surface area contributed by atoms with Gasteiger partial charge in [-0.15, -0.1) is 0 Å². The molecule has 2 aromatic carbocycles. The molecule has 1 N–H and O–H groups in total. The monoisotopic (exact) mass is 373 g/mol. The molecule has 0 aromatic heterocycles. The Morgan fingerprint density at radius 3 is 2.33 bits per heavy atom. The molecular formula is C16H11ClF3NO2S. The number of benzene rings is 2. The van der Waals surface area contributed by atoms with Crippen molar-refractivity contribution in [3.8, 4) is 11.8 Å². The lowest BCUT2D eigenvalue weighted by Crippen LogP contribution is -2.24. The molecule has 0 saturated heterocycles. The van der Waals surface area contributed by atoms with Crippen molar-refractivity contribution in [2.45, 2.75) is 11.1 Å². The summed E-state index contributed by atoms with van der Waals surface area (Å²) in [6.07, 6.45) is -4.52. The second kappa shape index (κ2) is 7.26. The Kier molecular flexibility index (Phi) is 5.54. The summed E-state index contributed by atoms with van der Waals surface area (Å²) >= 11 is 5.80. The predicted molar refractivity (Wildman–Crippen MR) is 85.0 cm³/mol. The highest BCUT2D eigenvalue weighted by Crippen LogP contribution is 2.29. The van der Waals surface area contributed by atoms with Gasteiger partial charge in [-0.05, 0) is 42.5 Å². The third kappa shape index (κ3) is 4.99. The van der Waals surface area contributed by atoms with Gasteiger partial charge in [-0.3, -0.25) is 0 Å². The lowest BCUT2D eigenvalue weighted by Gasteiger charge is -2.08. The Balaban J connectivity index is 2.04. The fourth-order valence-electron chi connectivity index (χ4n) is 1.75. The van der Waals surface area contributed by atoms with Gasteiger partial charge in [0.2, 0.25) is 10.0 Å². The van der Waals surface area contributed by atoms with Crippen LogP contribution in [0.1, 0.15) is 11.1 Å². The van der Waals surface area contributed by atoms with Crippen LogP contribution in [-0.2, 0) is 16.2 Å². The summed E-state index contributed by atoms with van der Waals surface area (Å²) < 4.78 is 63.5. The average Bonchev–Trinajstić information content (AvgIpc) is 2.51. The molecule has 0 aliphatic rings. The molecule has 24 heavy (non-hydrogen) atoms. The largest absolute Gasteiger partial charge is 0.416 e. The molecule has 2 rings (SSSR count). The van der Waals surface area contributed by atoms with E-state index in [1.165, 1.54) is 0 Å². The van der Waals surface area contributed by atoms with Gasteiger partial charge in [0.1, 0.15) is 0 Å². The van der Waals surface area contributed by atoms with E-state index >= 15 is 0 Å². The van der Waals surface area contributed by atoms with Crippen molar-refractivity contribution < 1.29 is 21.6 Å². The van der Waals surface area contributed by atoms with Gasteiger partial charge in [0, 0.05) is 10.6 Å². The minimum absolute atomic E-state index is 0.185. The Morgan fingerprint density at radius 2 is 1.75 bits per heavy atom. The zero-order chi connectivity index (χ0) is 17.8. The third-order valence-corrected chi connectivity index (χ3v) is 4.55. The van der Waals surface area contributed by atoms with Crippen LogP contribution in [0.2, 0.25) is 5.02 Å². The minimum atomic E-state index is -4.52. The van der Waals surface area contributed by atoms with E-state index in [9.17, 15) is 21.6 Å². The van der Waals surface area contributed by atoms with E-state index in [4.69, 9.17) is 11.6 Å². The molecule has 0 aliphatic heterocycles. The number of hydrogen-bond donors (Lipinski definition) is 1. The van der Waals surface area contributed by atoms with Crippen LogP contribution in [0.3, 0.4) is 0 Å². The van der Waals surface area contributed by atoms with E-state index in [1.54, 1.807) is 24.3 Å². The van der Waals surface area contributed by atoms with Gasteiger partial charge in [0.15, 0.2) is 0 Å². The zero-order valence-electron chi connectivity index (χ0n) is 12.1. The van der Waals surface area contributed by atoms with E-state index in [0.717, 1.165) is 12.1 Å². The molecule has 0 heterocycles. The van der Waals surface area contributed by atoms with Gasteiger partial charge in [0.25, 0.3) is 0 Å². The Hall–Kier alpha value is -2.01. The SMILES string of the molecule is O=S(=O)(NCC#Cc1cccc(Cl)c1)c1ccc(C(F)(F)F)cc1. The second-order valence-corrected chi connectivity index (χ2v) is 6.86. The van der Waals surface area contributed by atoms with Crippen LogP contribution in [0.5, 0.6) is 0 Å². The molecule has 3 nitrogen and oxygen atoms in total. The maximum atomic E-state index is 12.5. The second-order valence-electron chi connectivity index (χ2n) is 4.66. The number of alkyl halides is 3. The normalized spacial score (nSPS) is 11.7. The first kappa shape index (κ1) is 18.3. The van der Waals surface area contributed by atoms with E-state index in [-0.39, 0.29) is 11.4 Å². The predicted octanol–water partition coefficient (Wildman–Crippen LogP) is 3.69. The highest BCUT2D eigenvalue weighted by Gasteiger charge is 2.30. The Labute approximate surface area is 142 Å². The van der Waals surface area contributed by atoms with Crippen molar-refractivity contribution in [3.63, 3.8) is 0 Å². The molecule has 126 valence electrons. The molecule has 0 amide bonds. The van der Waals surface area contributed by atoms with Crippen LogP contribution in [0.4, 0.5) is 13.2 Å². The van der Waals surface area contributed by atoms with Gasteiger partial charge in [-0.1, -0.05) is 29.5 Å². The standard InChI is InChI=1S/C16H11ClF3NO2S/c17-14-5-1-3-12(11-14)4-2-10-21-24(22,23)15-8-6-13(7-9-15)16(18,19)20/h1,3,5-9,11,21H,10H2. The Bertz CT molecular complexity index is 882. The quantitative estimate of drug-likeness (QED) is 0.834. The lowest BCUT2D eigenvalue weighted by molar-refractivity contribution is -0.137. The molecule has 0 atom stereocenters. The van der Waals surface area contributed by atoms with Crippen molar-refractivity contribution in [3.05, 3.63) is 64.7 Å². The lowest BCUT2D eigenvalue weighted by atomic mass is 10.2. The molecule has 0 saturated carbocycles. The van der Waals surface area contributed by atoms with Crippen molar-refractivity contribution in [1.82, 2.24) is 4.72 Å². The van der Waals surface area contributed by atoms with Crippen LogP contribution in [0.15, 0.2) is 53.4 Å². The van der Waals surface area contributed by atoms with Crippen LogP contribution in [-0.4, -0.2) is 15.0 Å². The fourth-order valence-corrected chi connectivity index (χ4v) is 2.86. The summed E-state index contributed by atoms with van der Waals surface area (Å²) in [6, 6.07) is 9.95. The van der Waals surface area contributed by atoms with E-state index < -0.39 is 21.8 Å². The van der Waals surface area contributed by atoms with Crippen LogP contribution >= 0.6 is 11.6 Å². The summed E-state index contributed by atoms with van der Waals surface area (Å²) in [5.74, 6) is 5.34. The summed E-state index contributed by atoms with van der Waals surface area (Å²) in [6.45, 7) is -0.185. The summed E-state index contributed by atoms with van der Waals surface area (Å²) in [5.41, 5.74) is -0.293. The molecule has 0 spiro atoms. The molecule has 0 fully saturated rings. The Morgan fingerprint density at radius 1 is 1.08 bits per heavy atom. The number of rotatable bonds is 3. The van der Waals surface area contributed by atoms with Crippen molar-refractivity contribution in [1.29, 1.82) is 0 Å². The number of nitrogens with one attached hydrogen (secondary N) is 1. The third-order valence-electron chi connectivity index (χ3n) is 2.90. The van der Waals surface area contributed by atoms with Gasteiger partial charge < -0.3 is 0 Å². The first-order chi connectivity index (χ1) is 11.2. The maximum Gasteiger partial charge on any atom is 0.416 e. The summed E-state index contributed by atoms with van der Waals surface area (Å²) in [5, 5.41) is 0.507. The molecule has 8 heteroatoms. The summed E-state index contributed by atoms with van der Waals surface area (Å²) in [7, 11) is -3.93. The van der Waals surface area contributed by atoms with E-state index in [0.29, 0.717) is 22.7 Å². The fraction of sp³-hybridized carbons (Fsp3) is 0.125. The first-order valence-corrected chi connectivity index (χ1v) is 8.46. The molecule has 0 bridgehead atoms. The minimum Gasteiger partial charge on any atom is -0.207 e. The highest BCUT2D eigenvalue weighted by atomic mass is 35.5. The van der Waals surface area contributed by atoms with Gasteiger partial charge >= 0.3 is 6.18 Å². The number of halogens is 4. The summed E-state index contributed by atoms with van der Waals surface area (Å²) in [4.78, 5) is -0.264. The number of hydrogen-bond acceptors (Lipinski definition) is 2. The molecule has 0 radical (unpaired) electrons. The van der Waals surface area contributed by atoms with Gasteiger partial charge in [-0.25, -0.2) is 8.42 Å². The highest BCUT2D eigenvalue weighted by molar-refractivity contribution is 7.89. The van der Waals surface area contributed by atoms with Gasteiger partial charge in [0.05, 0.1) is 17.0 Å². The molecule has 0 unspecified atom stereocenters. The molecule has 2 aromatic rings. The van der Waals surface area contributed by atoms with Gasteiger partial charge in [-0.2, -0.15) is 17.9 Å². The zero-order valence-corrected chi connectivity index (χ0v) is 13.6. The molecular weight excluding hydrogens is 363 g/mol. The van der Waals surface area contributed by atoms with E-state index in [1.807, 2.05) is 0 Å². The topological polar surface area (TPSA) is 46.2 Å².